The molecular weight excluding hydrogens is 241 g/mol. The normalized spacial score (nSPS) is 15.2. The minimum atomic E-state index is -0.959. The first-order chi connectivity index (χ1) is 8.50. The van der Waals surface area contributed by atoms with Crippen molar-refractivity contribution in [1.82, 2.24) is 9.80 Å². The van der Waals surface area contributed by atoms with E-state index in [0.29, 0.717) is 4.90 Å². The molecule has 2 rings (SSSR count). The zero-order valence-electron chi connectivity index (χ0n) is 9.51. The highest BCUT2D eigenvalue weighted by Crippen LogP contribution is 2.15. The van der Waals surface area contributed by atoms with Crippen LogP contribution >= 0.6 is 0 Å². The summed E-state index contributed by atoms with van der Waals surface area (Å²) >= 11 is 0. The minimum Gasteiger partial charge on any atom is -0.318 e. The predicted molar refractivity (Wildman–Crippen MR) is 60.3 cm³/mol. The number of benzene rings is 1. The van der Waals surface area contributed by atoms with Crippen LogP contribution in [0, 0.1) is 5.82 Å². The number of hydrogen-bond donors (Lipinski definition) is 1. The molecule has 0 saturated carbocycles. The molecule has 1 fully saturated rings. The molecule has 0 radical (unpaired) electrons. The maximum absolute atomic E-state index is 13.3. The topological polar surface area (TPSA) is 69.7 Å². The molecule has 0 atom stereocenters. The highest BCUT2D eigenvalue weighted by Gasteiger charge is 2.38. The van der Waals surface area contributed by atoms with E-state index in [-0.39, 0.29) is 12.2 Å². The van der Waals surface area contributed by atoms with Crippen LogP contribution in [-0.4, -0.2) is 41.4 Å². The van der Waals surface area contributed by atoms with Gasteiger partial charge in [-0.15, -0.1) is 0 Å². The molecule has 1 aromatic carbocycles. The van der Waals surface area contributed by atoms with Gasteiger partial charge in [-0.2, -0.15) is 4.90 Å². The summed E-state index contributed by atoms with van der Waals surface area (Å²) in [6, 6.07) is 3.80. The Morgan fingerprint density at radius 2 is 2.00 bits per heavy atom. The Morgan fingerprint density at radius 1 is 1.33 bits per heavy atom. The number of imide groups is 3. The van der Waals surface area contributed by atoms with Crippen LogP contribution in [0.5, 0.6) is 0 Å². The number of halogens is 1. The molecule has 0 spiro atoms. The lowest BCUT2D eigenvalue weighted by molar-refractivity contribution is -0.123. The second kappa shape index (κ2) is 4.44. The Balaban J connectivity index is 2.16. The number of para-hydroxylation sites is 1. The fourth-order valence-corrected chi connectivity index (χ4v) is 1.55. The third-order valence-electron chi connectivity index (χ3n) is 2.46. The van der Waals surface area contributed by atoms with Gasteiger partial charge in [0.05, 0.1) is 5.69 Å². The predicted octanol–water partition coefficient (Wildman–Crippen LogP) is 1.25. The number of nitrogens with one attached hydrogen (secondary N) is 1. The molecule has 0 aliphatic carbocycles. The van der Waals surface area contributed by atoms with Gasteiger partial charge in [0.2, 0.25) is 0 Å². The van der Waals surface area contributed by atoms with E-state index in [2.05, 4.69) is 5.32 Å². The highest BCUT2D eigenvalue weighted by atomic mass is 19.1. The molecule has 0 bridgehead atoms. The monoisotopic (exact) mass is 251 g/mol. The van der Waals surface area contributed by atoms with Gasteiger partial charge >= 0.3 is 12.1 Å². The lowest BCUT2D eigenvalue weighted by Gasteiger charge is -2.13. The van der Waals surface area contributed by atoms with E-state index in [1.54, 1.807) is 0 Å². The molecular formula is C11H10FN3O3. The summed E-state index contributed by atoms with van der Waals surface area (Å²) < 4.78 is 13.3. The van der Waals surface area contributed by atoms with Gasteiger partial charge in [0.15, 0.2) is 0 Å². The number of likely N-dealkylation sites (N-methyl/N-ethyl adjacent to an activating group) is 1. The summed E-state index contributed by atoms with van der Waals surface area (Å²) in [4.78, 5) is 36.2. The minimum absolute atomic E-state index is 0.0855. The van der Waals surface area contributed by atoms with Crippen molar-refractivity contribution in [3.05, 3.63) is 30.1 Å². The fraction of sp³-hybridized carbons (Fsp3) is 0.182. The van der Waals surface area contributed by atoms with Crippen LogP contribution in [0.3, 0.4) is 0 Å². The fourth-order valence-electron chi connectivity index (χ4n) is 1.55. The van der Waals surface area contributed by atoms with Gasteiger partial charge in [-0.05, 0) is 12.1 Å². The third-order valence-corrected chi connectivity index (χ3v) is 2.46. The van der Waals surface area contributed by atoms with Gasteiger partial charge in [-0.3, -0.25) is 4.79 Å². The number of urea groups is 2. The summed E-state index contributed by atoms with van der Waals surface area (Å²) in [5.41, 5.74) is -0.0855. The maximum atomic E-state index is 13.3. The summed E-state index contributed by atoms with van der Waals surface area (Å²) in [6.45, 7) is -0.163. The van der Waals surface area contributed by atoms with Crippen LogP contribution in [0.1, 0.15) is 0 Å². The summed E-state index contributed by atoms with van der Waals surface area (Å²) in [5.74, 6) is -1.28. The Kier molecular flexibility index (Phi) is 2.97. The van der Waals surface area contributed by atoms with E-state index in [1.165, 1.54) is 25.2 Å². The van der Waals surface area contributed by atoms with Gasteiger partial charge < -0.3 is 10.2 Å². The first-order valence-electron chi connectivity index (χ1n) is 5.14. The molecule has 1 N–H and O–H groups in total. The van der Waals surface area contributed by atoms with Crippen LogP contribution in [-0.2, 0) is 4.79 Å². The van der Waals surface area contributed by atoms with Crippen molar-refractivity contribution in [1.29, 1.82) is 0 Å². The van der Waals surface area contributed by atoms with Crippen molar-refractivity contribution in [2.75, 3.05) is 18.9 Å². The highest BCUT2D eigenvalue weighted by molar-refractivity contribution is 6.17. The number of carbonyl (C=O) groups is 3. The Labute approximate surface area is 102 Å². The second-order valence-corrected chi connectivity index (χ2v) is 3.78. The van der Waals surface area contributed by atoms with E-state index in [0.717, 1.165) is 11.0 Å². The quantitative estimate of drug-likeness (QED) is 0.764. The van der Waals surface area contributed by atoms with E-state index in [1.807, 2.05) is 0 Å². The lowest BCUT2D eigenvalue weighted by atomic mass is 10.3. The molecule has 6 nitrogen and oxygen atoms in total. The largest absolute Gasteiger partial charge is 0.337 e. The van der Waals surface area contributed by atoms with Crippen molar-refractivity contribution in [3.8, 4) is 0 Å². The van der Waals surface area contributed by atoms with Crippen molar-refractivity contribution in [2.24, 2.45) is 0 Å². The first kappa shape index (κ1) is 12.0. The average molecular weight is 251 g/mol. The van der Waals surface area contributed by atoms with E-state index in [9.17, 15) is 18.8 Å². The first-order valence-corrected chi connectivity index (χ1v) is 5.14. The summed E-state index contributed by atoms with van der Waals surface area (Å²) in [7, 11) is 1.40. The molecule has 1 saturated heterocycles. The van der Waals surface area contributed by atoms with Crippen LogP contribution in [0.2, 0.25) is 0 Å². The van der Waals surface area contributed by atoms with E-state index >= 15 is 0 Å². The van der Waals surface area contributed by atoms with Gasteiger partial charge in [0.1, 0.15) is 12.4 Å². The number of rotatable bonds is 1. The van der Waals surface area contributed by atoms with Gasteiger partial charge in [-0.1, -0.05) is 12.1 Å². The standard InChI is InChI=1S/C11H10FN3O3/c1-14-6-9(16)15(11(14)18)10(17)13-8-5-3-2-4-7(8)12/h2-5H,6H2,1H3,(H,13,17). The zero-order valence-corrected chi connectivity index (χ0v) is 9.51. The van der Waals surface area contributed by atoms with E-state index < -0.39 is 23.8 Å². The Bertz CT molecular complexity index is 532. The maximum Gasteiger partial charge on any atom is 0.337 e. The van der Waals surface area contributed by atoms with Gasteiger partial charge in [0.25, 0.3) is 5.91 Å². The molecule has 18 heavy (non-hydrogen) atoms. The molecule has 7 heteroatoms. The van der Waals surface area contributed by atoms with Crippen molar-refractivity contribution in [2.45, 2.75) is 0 Å². The van der Waals surface area contributed by atoms with Crippen LogP contribution < -0.4 is 5.32 Å². The van der Waals surface area contributed by atoms with Crippen LogP contribution in [0.25, 0.3) is 0 Å². The molecule has 1 aliphatic rings. The van der Waals surface area contributed by atoms with Crippen LogP contribution in [0.4, 0.5) is 19.7 Å². The molecule has 94 valence electrons. The van der Waals surface area contributed by atoms with Crippen molar-refractivity contribution < 1.29 is 18.8 Å². The average Bonchev–Trinajstić information content (AvgIpc) is 2.56. The number of hydrogen-bond acceptors (Lipinski definition) is 3. The summed E-state index contributed by atoms with van der Waals surface area (Å²) in [5, 5.41) is 2.18. The summed E-state index contributed by atoms with van der Waals surface area (Å²) in [6.07, 6.45) is 0. The number of nitrogens with zero attached hydrogens (tertiary/aromatic N) is 2. The number of carbonyl (C=O) groups excluding carboxylic acids is 3. The number of anilines is 1. The van der Waals surface area contributed by atoms with Gasteiger partial charge in [-0.25, -0.2) is 14.0 Å². The zero-order chi connectivity index (χ0) is 13.3. The second-order valence-electron chi connectivity index (χ2n) is 3.78. The molecule has 0 unspecified atom stereocenters. The lowest BCUT2D eigenvalue weighted by Crippen LogP contribution is -2.40. The van der Waals surface area contributed by atoms with Gasteiger partial charge in [0, 0.05) is 7.05 Å². The molecule has 5 amide bonds. The Hall–Kier alpha value is -2.44. The molecule has 1 aliphatic heterocycles. The van der Waals surface area contributed by atoms with Crippen molar-refractivity contribution >= 4 is 23.7 Å². The third kappa shape index (κ3) is 2.02. The van der Waals surface area contributed by atoms with Crippen LogP contribution in [0.15, 0.2) is 24.3 Å². The SMILES string of the molecule is CN1CC(=O)N(C(=O)Nc2ccccc2F)C1=O. The molecule has 1 heterocycles. The molecule has 0 aromatic heterocycles. The van der Waals surface area contributed by atoms with Crippen molar-refractivity contribution in [3.63, 3.8) is 0 Å². The van der Waals surface area contributed by atoms with E-state index in [4.69, 9.17) is 0 Å². The number of amides is 5. The Morgan fingerprint density at radius 3 is 2.56 bits per heavy atom. The molecule has 1 aromatic rings. The smallest absolute Gasteiger partial charge is 0.318 e.